The van der Waals surface area contributed by atoms with Crippen molar-refractivity contribution in [2.45, 2.75) is 18.7 Å². The van der Waals surface area contributed by atoms with E-state index in [0.29, 0.717) is 17.9 Å². The molecule has 0 amide bonds. The predicted molar refractivity (Wildman–Crippen MR) is 68.0 cm³/mol. The number of rotatable bonds is 3. The van der Waals surface area contributed by atoms with Crippen molar-refractivity contribution in [3.63, 3.8) is 0 Å². The van der Waals surface area contributed by atoms with Gasteiger partial charge in [0.15, 0.2) is 9.84 Å². The molecule has 2 rings (SSSR count). The average Bonchev–Trinajstić information content (AvgIpc) is 2.59. The average molecular weight is 283 g/mol. The molecule has 1 aromatic carbocycles. The molecular weight excluding hydrogens is 270 g/mol. The fraction of sp³-hybridized carbons (Fsp3) is 0.333. The second kappa shape index (κ2) is 5.00. The van der Waals surface area contributed by atoms with Crippen LogP contribution in [0.25, 0.3) is 0 Å². The highest BCUT2D eigenvalue weighted by molar-refractivity contribution is 7.92. The van der Waals surface area contributed by atoms with E-state index in [1.54, 1.807) is 12.1 Å². The Kier molecular flexibility index (Phi) is 3.57. The number of ether oxygens (including phenoxy) is 1. The molecule has 0 unspecified atom stereocenters. The van der Waals surface area contributed by atoms with Gasteiger partial charge in [-0.1, -0.05) is 5.16 Å². The molecule has 0 spiro atoms. The molecule has 0 N–H and O–H groups in total. The maximum absolute atomic E-state index is 12.0. The van der Waals surface area contributed by atoms with Crippen LogP contribution in [0.1, 0.15) is 19.4 Å². The maximum Gasteiger partial charge on any atom is 0.331 e. The zero-order valence-corrected chi connectivity index (χ0v) is 11.4. The Balaban J connectivity index is 2.45. The normalized spacial score (nSPS) is 18.1. The van der Waals surface area contributed by atoms with E-state index < -0.39 is 15.8 Å². The van der Waals surface area contributed by atoms with Crippen molar-refractivity contribution in [3.05, 3.63) is 23.8 Å². The van der Waals surface area contributed by atoms with E-state index in [-0.39, 0.29) is 16.4 Å². The summed E-state index contributed by atoms with van der Waals surface area (Å²) in [5, 5.41) is 3.58. The maximum atomic E-state index is 12.0. The lowest BCUT2D eigenvalue weighted by atomic mass is 10.1. The number of carbonyl (C=O) groups excluding carboxylic acids is 1. The molecule has 0 atom stereocenters. The first-order valence-corrected chi connectivity index (χ1v) is 7.33. The van der Waals surface area contributed by atoms with Crippen LogP contribution < -0.4 is 4.74 Å². The molecule has 1 aliphatic heterocycles. The Morgan fingerprint density at radius 2 is 2.16 bits per heavy atom. The summed E-state index contributed by atoms with van der Waals surface area (Å²) in [5.74, 6) is -0.381. The highest BCUT2D eigenvalue weighted by atomic mass is 32.2. The first-order valence-electron chi connectivity index (χ1n) is 5.68. The van der Waals surface area contributed by atoms with Crippen molar-refractivity contribution in [2.75, 3.05) is 12.4 Å². The Labute approximate surface area is 110 Å². The lowest BCUT2D eigenvalue weighted by Gasteiger charge is -2.04. The fourth-order valence-electron chi connectivity index (χ4n) is 1.79. The molecule has 1 heterocycles. The zero-order valence-electron chi connectivity index (χ0n) is 10.5. The molecular formula is C12H13NO5S. The number of hydrogen-bond acceptors (Lipinski definition) is 6. The molecule has 19 heavy (non-hydrogen) atoms. The summed E-state index contributed by atoms with van der Waals surface area (Å²) < 4.78 is 29.2. The van der Waals surface area contributed by atoms with Crippen LogP contribution in [0.5, 0.6) is 5.75 Å². The van der Waals surface area contributed by atoms with Gasteiger partial charge in [-0.3, -0.25) is 0 Å². The van der Waals surface area contributed by atoms with Gasteiger partial charge in [0.1, 0.15) is 17.2 Å². The van der Waals surface area contributed by atoms with Crippen LogP contribution in [-0.2, 0) is 19.5 Å². The minimum atomic E-state index is -3.45. The summed E-state index contributed by atoms with van der Waals surface area (Å²) >= 11 is 0. The first-order chi connectivity index (χ1) is 8.94. The summed E-state index contributed by atoms with van der Waals surface area (Å²) in [7, 11) is -3.45. The van der Waals surface area contributed by atoms with E-state index in [1.807, 2.05) is 6.92 Å². The lowest BCUT2D eigenvalue weighted by molar-refractivity contribution is -0.140. The number of oxime groups is 1. The highest BCUT2D eigenvalue weighted by Gasteiger charge is 2.32. The van der Waals surface area contributed by atoms with Crippen LogP contribution in [0.4, 0.5) is 0 Å². The fourth-order valence-corrected chi connectivity index (χ4v) is 3.33. The third-order valence-electron chi connectivity index (χ3n) is 2.52. The number of fused-ring (bicyclic) bond motifs is 1. The number of sulfone groups is 1. The lowest BCUT2D eigenvalue weighted by Crippen LogP contribution is -2.07. The van der Waals surface area contributed by atoms with E-state index in [4.69, 9.17) is 4.74 Å². The summed E-state index contributed by atoms with van der Waals surface area (Å²) in [6.07, 6.45) is 0. The quantitative estimate of drug-likeness (QED) is 0.613. The van der Waals surface area contributed by atoms with Gasteiger partial charge < -0.3 is 9.57 Å². The van der Waals surface area contributed by atoms with Gasteiger partial charge in [0.2, 0.25) is 0 Å². The molecule has 0 saturated carbocycles. The Morgan fingerprint density at radius 3 is 2.79 bits per heavy atom. The third kappa shape index (κ3) is 2.76. The van der Waals surface area contributed by atoms with Crippen LogP contribution in [0.2, 0.25) is 0 Å². The first kappa shape index (κ1) is 13.5. The number of carbonyl (C=O) groups is 1. The molecule has 102 valence electrons. The zero-order chi connectivity index (χ0) is 14.0. The van der Waals surface area contributed by atoms with Crippen LogP contribution in [0.15, 0.2) is 28.3 Å². The van der Waals surface area contributed by atoms with Gasteiger partial charge in [0.05, 0.1) is 11.5 Å². The predicted octanol–water partition coefficient (Wildman–Crippen LogP) is 1.14. The molecule has 0 radical (unpaired) electrons. The SMILES string of the molecule is CCOc1ccc2c(c1)S(=O)(=O)C/C2=N\OC(C)=O. The van der Waals surface area contributed by atoms with Crippen molar-refractivity contribution < 1.29 is 22.8 Å². The summed E-state index contributed by atoms with van der Waals surface area (Å²) in [6.45, 7) is 3.47. The molecule has 1 aromatic rings. The monoisotopic (exact) mass is 283 g/mol. The molecule has 7 heteroatoms. The topological polar surface area (TPSA) is 82.0 Å². The Bertz CT molecular complexity index is 648. The van der Waals surface area contributed by atoms with Crippen LogP contribution in [0, 0.1) is 0 Å². The summed E-state index contributed by atoms with van der Waals surface area (Å²) in [5.41, 5.74) is 0.679. The van der Waals surface area contributed by atoms with E-state index in [1.165, 1.54) is 13.0 Å². The van der Waals surface area contributed by atoms with Gasteiger partial charge in [0, 0.05) is 12.5 Å². The second-order valence-corrected chi connectivity index (χ2v) is 5.93. The highest BCUT2D eigenvalue weighted by Crippen LogP contribution is 2.30. The van der Waals surface area contributed by atoms with E-state index in [2.05, 4.69) is 9.99 Å². The number of benzene rings is 1. The molecule has 0 fully saturated rings. The van der Waals surface area contributed by atoms with Crippen molar-refractivity contribution in [1.29, 1.82) is 0 Å². The largest absolute Gasteiger partial charge is 0.494 e. The third-order valence-corrected chi connectivity index (χ3v) is 4.18. The standard InChI is InChI=1S/C12H13NO5S/c1-3-17-9-4-5-10-11(13-18-8(2)14)7-19(15,16)12(10)6-9/h4-6H,3,7H2,1-2H3/b13-11+. The molecule has 6 nitrogen and oxygen atoms in total. The van der Waals surface area contributed by atoms with Gasteiger partial charge >= 0.3 is 5.97 Å². The number of hydrogen-bond donors (Lipinski definition) is 0. The van der Waals surface area contributed by atoms with Gasteiger partial charge in [-0.25, -0.2) is 13.2 Å². The van der Waals surface area contributed by atoms with E-state index >= 15 is 0 Å². The molecule has 0 saturated heterocycles. The number of nitrogens with zero attached hydrogens (tertiary/aromatic N) is 1. The van der Waals surface area contributed by atoms with Crippen LogP contribution >= 0.6 is 0 Å². The second-order valence-electron chi connectivity index (χ2n) is 3.97. The Hall–Kier alpha value is -1.89. The summed E-state index contributed by atoms with van der Waals surface area (Å²) in [4.78, 5) is 15.4. The minimum absolute atomic E-state index is 0.157. The van der Waals surface area contributed by atoms with Gasteiger partial charge in [-0.05, 0) is 25.1 Å². The molecule has 0 aliphatic carbocycles. The van der Waals surface area contributed by atoms with Crippen molar-refractivity contribution in [3.8, 4) is 5.75 Å². The molecule has 0 aromatic heterocycles. The van der Waals surface area contributed by atoms with Crippen LogP contribution in [0.3, 0.4) is 0 Å². The van der Waals surface area contributed by atoms with E-state index in [9.17, 15) is 13.2 Å². The van der Waals surface area contributed by atoms with Crippen molar-refractivity contribution in [2.24, 2.45) is 5.16 Å². The molecule has 1 aliphatic rings. The van der Waals surface area contributed by atoms with E-state index in [0.717, 1.165) is 0 Å². The molecule has 0 bridgehead atoms. The van der Waals surface area contributed by atoms with Crippen molar-refractivity contribution in [1.82, 2.24) is 0 Å². The van der Waals surface area contributed by atoms with Gasteiger partial charge in [0.25, 0.3) is 0 Å². The van der Waals surface area contributed by atoms with Gasteiger partial charge in [-0.2, -0.15) is 0 Å². The van der Waals surface area contributed by atoms with Gasteiger partial charge in [-0.15, -0.1) is 0 Å². The van der Waals surface area contributed by atoms with Crippen LogP contribution in [-0.4, -0.2) is 32.5 Å². The smallest absolute Gasteiger partial charge is 0.331 e. The minimum Gasteiger partial charge on any atom is -0.494 e. The summed E-state index contributed by atoms with van der Waals surface area (Å²) in [6, 6.07) is 4.73. The Morgan fingerprint density at radius 1 is 1.42 bits per heavy atom. The van der Waals surface area contributed by atoms with Crippen molar-refractivity contribution >= 4 is 21.5 Å².